The van der Waals surface area contributed by atoms with Crippen molar-refractivity contribution >= 4 is 22.8 Å². The molecule has 0 unspecified atom stereocenters. The summed E-state index contributed by atoms with van der Waals surface area (Å²) in [7, 11) is 0. The maximum atomic E-state index is 12.6. The van der Waals surface area contributed by atoms with Crippen LogP contribution in [-0.4, -0.2) is 28.2 Å². The number of aryl methyl sites for hydroxylation is 2. The van der Waals surface area contributed by atoms with Gasteiger partial charge >= 0.3 is 0 Å². The Morgan fingerprint density at radius 1 is 1.32 bits per heavy atom. The molecule has 0 spiro atoms. The van der Waals surface area contributed by atoms with E-state index in [0.717, 1.165) is 35.3 Å². The zero-order chi connectivity index (χ0) is 17.4. The zero-order valence-corrected chi connectivity index (χ0v) is 14.0. The minimum atomic E-state index is -0.221. The Morgan fingerprint density at radius 2 is 2.16 bits per heavy atom. The van der Waals surface area contributed by atoms with Crippen LogP contribution < -0.4 is 5.32 Å². The highest BCUT2D eigenvalue weighted by Crippen LogP contribution is 2.26. The predicted molar refractivity (Wildman–Crippen MR) is 92.8 cm³/mol. The third kappa shape index (κ3) is 2.84. The topological polar surface area (TPSA) is 88.0 Å². The summed E-state index contributed by atoms with van der Waals surface area (Å²) in [6.07, 6.45) is 2.66. The number of benzene rings is 1. The highest BCUT2D eigenvalue weighted by molar-refractivity contribution is 6.10. The molecule has 1 aliphatic carbocycles. The van der Waals surface area contributed by atoms with E-state index in [1.54, 1.807) is 0 Å². The van der Waals surface area contributed by atoms with Crippen molar-refractivity contribution in [3.8, 4) is 0 Å². The summed E-state index contributed by atoms with van der Waals surface area (Å²) in [5, 5.41) is 2.88. The van der Waals surface area contributed by atoms with Crippen LogP contribution in [0, 0.1) is 6.92 Å². The first kappa shape index (κ1) is 15.6. The SMILES string of the molecule is Cc1[nH]c2c(c1C(=O)NCCc1nc3ccccc3o1)C(=O)CCC2. The summed E-state index contributed by atoms with van der Waals surface area (Å²) in [5.74, 6) is 0.418. The Bertz CT molecular complexity index is 935. The number of aromatic amines is 1. The average molecular weight is 337 g/mol. The van der Waals surface area contributed by atoms with Gasteiger partial charge in [0.05, 0.1) is 11.1 Å². The monoisotopic (exact) mass is 337 g/mol. The van der Waals surface area contributed by atoms with Gasteiger partial charge in [0, 0.05) is 30.8 Å². The highest BCUT2D eigenvalue weighted by atomic mass is 16.3. The van der Waals surface area contributed by atoms with Gasteiger partial charge < -0.3 is 14.7 Å². The van der Waals surface area contributed by atoms with Crippen molar-refractivity contribution in [2.75, 3.05) is 6.54 Å². The van der Waals surface area contributed by atoms with E-state index in [0.29, 0.717) is 36.4 Å². The molecule has 25 heavy (non-hydrogen) atoms. The van der Waals surface area contributed by atoms with Gasteiger partial charge in [-0.3, -0.25) is 9.59 Å². The number of ketones is 1. The molecule has 0 atom stereocenters. The smallest absolute Gasteiger partial charge is 0.253 e. The molecule has 0 saturated carbocycles. The number of amides is 1. The fourth-order valence-corrected chi connectivity index (χ4v) is 3.42. The van der Waals surface area contributed by atoms with Crippen LogP contribution in [0.25, 0.3) is 11.1 Å². The second kappa shape index (κ2) is 6.20. The lowest BCUT2D eigenvalue weighted by molar-refractivity contribution is 0.0927. The molecular weight excluding hydrogens is 318 g/mol. The quantitative estimate of drug-likeness (QED) is 0.766. The fourth-order valence-electron chi connectivity index (χ4n) is 3.42. The number of carbonyl (C=O) groups excluding carboxylic acids is 2. The number of nitrogens with one attached hydrogen (secondary N) is 2. The number of nitrogens with zero attached hydrogens (tertiary/aromatic N) is 1. The van der Waals surface area contributed by atoms with E-state index >= 15 is 0 Å². The van der Waals surface area contributed by atoms with Gasteiger partial charge in [-0.05, 0) is 31.9 Å². The van der Waals surface area contributed by atoms with Crippen LogP contribution in [0.3, 0.4) is 0 Å². The van der Waals surface area contributed by atoms with Crippen molar-refractivity contribution in [2.45, 2.75) is 32.6 Å². The molecule has 0 saturated heterocycles. The van der Waals surface area contributed by atoms with E-state index in [2.05, 4.69) is 15.3 Å². The number of para-hydroxylation sites is 2. The van der Waals surface area contributed by atoms with Gasteiger partial charge in [-0.2, -0.15) is 0 Å². The largest absolute Gasteiger partial charge is 0.441 e. The normalized spacial score (nSPS) is 13.9. The van der Waals surface area contributed by atoms with Crippen LogP contribution in [-0.2, 0) is 12.8 Å². The van der Waals surface area contributed by atoms with Crippen molar-refractivity contribution in [2.24, 2.45) is 0 Å². The number of aromatic nitrogens is 2. The maximum absolute atomic E-state index is 12.6. The lowest BCUT2D eigenvalue weighted by atomic mass is 9.93. The third-order valence-electron chi connectivity index (χ3n) is 4.56. The number of fused-ring (bicyclic) bond motifs is 2. The molecule has 2 aromatic heterocycles. The Hall–Kier alpha value is -2.89. The summed E-state index contributed by atoms with van der Waals surface area (Å²) < 4.78 is 5.65. The lowest BCUT2D eigenvalue weighted by Crippen LogP contribution is -2.28. The molecule has 0 aliphatic heterocycles. The van der Waals surface area contributed by atoms with E-state index in [-0.39, 0.29) is 11.7 Å². The second-order valence-corrected chi connectivity index (χ2v) is 6.34. The molecule has 1 amide bonds. The minimum absolute atomic E-state index is 0.0506. The first-order valence-corrected chi connectivity index (χ1v) is 8.51. The van der Waals surface area contributed by atoms with Crippen molar-refractivity contribution in [3.63, 3.8) is 0 Å². The Morgan fingerprint density at radius 3 is 3.00 bits per heavy atom. The minimum Gasteiger partial charge on any atom is -0.441 e. The van der Waals surface area contributed by atoms with Gasteiger partial charge in [0.2, 0.25) is 0 Å². The first-order valence-electron chi connectivity index (χ1n) is 8.51. The van der Waals surface area contributed by atoms with Gasteiger partial charge in [0.25, 0.3) is 5.91 Å². The number of carbonyl (C=O) groups is 2. The molecule has 0 radical (unpaired) electrons. The number of oxazole rings is 1. The highest BCUT2D eigenvalue weighted by Gasteiger charge is 2.28. The van der Waals surface area contributed by atoms with Crippen molar-refractivity contribution in [1.29, 1.82) is 0 Å². The van der Waals surface area contributed by atoms with Gasteiger partial charge in [-0.25, -0.2) is 4.98 Å². The van der Waals surface area contributed by atoms with E-state index in [9.17, 15) is 9.59 Å². The Labute approximate surface area is 144 Å². The second-order valence-electron chi connectivity index (χ2n) is 6.34. The summed E-state index contributed by atoms with van der Waals surface area (Å²) in [6, 6.07) is 7.56. The van der Waals surface area contributed by atoms with Crippen molar-refractivity contribution in [3.05, 3.63) is 52.7 Å². The van der Waals surface area contributed by atoms with Crippen LogP contribution in [0.4, 0.5) is 0 Å². The molecular formula is C19H19N3O3. The van der Waals surface area contributed by atoms with E-state index in [1.165, 1.54) is 0 Å². The number of rotatable bonds is 4. The van der Waals surface area contributed by atoms with E-state index in [1.807, 2.05) is 31.2 Å². The molecule has 0 fully saturated rings. The number of hydrogen-bond donors (Lipinski definition) is 2. The van der Waals surface area contributed by atoms with Crippen LogP contribution in [0.15, 0.2) is 28.7 Å². The summed E-state index contributed by atoms with van der Waals surface area (Å²) >= 11 is 0. The van der Waals surface area contributed by atoms with Gasteiger partial charge in [-0.15, -0.1) is 0 Å². The average Bonchev–Trinajstić information content (AvgIpc) is 3.15. The summed E-state index contributed by atoms with van der Waals surface area (Å²) in [6.45, 7) is 2.24. The molecule has 0 bridgehead atoms. The third-order valence-corrected chi connectivity index (χ3v) is 4.56. The molecule has 4 rings (SSSR count). The molecule has 6 nitrogen and oxygen atoms in total. The number of Topliss-reactive ketones (excluding diaryl/α,β-unsaturated/α-hetero) is 1. The maximum Gasteiger partial charge on any atom is 0.253 e. The van der Waals surface area contributed by atoms with Gasteiger partial charge in [-0.1, -0.05) is 12.1 Å². The molecule has 3 aromatic rings. The van der Waals surface area contributed by atoms with E-state index in [4.69, 9.17) is 4.42 Å². The lowest BCUT2D eigenvalue weighted by Gasteiger charge is -2.11. The van der Waals surface area contributed by atoms with Crippen LogP contribution in [0.1, 0.15) is 50.8 Å². The van der Waals surface area contributed by atoms with Crippen LogP contribution >= 0.6 is 0 Å². The van der Waals surface area contributed by atoms with E-state index < -0.39 is 0 Å². The van der Waals surface area contributed by atoms with Crippen LogP contribution in [0.2, 0.25) is 0 Å². The predicted octanol–water partition coefficient (Wildman–Crippen LogP) is 2.96. The molecule has 128 valence electrons. The van der Waals surface area contributed by atoms with Crippen molar-refractivity contribution < 1.29 is 14.0 Å². The molecule has 2 heterocycles. The standard InChI is InChI=1S/C19H19N3O3/c1-11-17(18-13(21-11)6-4-7-14(18)23)19(24)20-10-9-16-22-12-5-2-3-8-15(12)25-16/h2-3,5,8,21H,4,6-7,9-10H2,1H3,(H,20,24). The zero-order valence-electron chi connectivity index (χ0n) is 14.0. The number of hydrogen-bond acceptors (Lipinski definition) is 4. The fraction of sp³-hybridized carbons (Fsp3) is 0.316. The molecule has 2 N–H and O–H groups in total. The van der Waals surface area contributed by atoms with Gasteiger partial charge in [0.15, 0.2) is 17.3 Å². The Balaban J connectivity index is 1.46. The van der Waals surface area contributed by atoms with Crippen LogP contribution in [0.5, 0.6) is 0 Å². The molecule has 1 aliphatic rings. The molecule has 1 aromatic carbocycles. The summed E-state index contributed by atoms with van der Waals surface area (Å²) in [4.78, 5) is 32.3. The van der Waals surface area contributed by atoms with Crippen molar-refractivity contribution in [1.82, 2.24) is 15.3 Å². The number of H-pyrrole nitrogens is 1. The Kier molecular flexibility index (Phi) is 3.87. The first-order chi connectivity index (χ1) is 12.1. The van der Waals surface area contributed by atoms with Gasteiger partial charge in [0.1, 0.15) is 5.52 Å². The molecule has 6 heteroatoms. The summed E-state index contributed by atoms with van der Waals surface area (Å²) in [5.41, 5.74) is 4.24.